The van der Waals surface area contributed by atoms with Crippen molar-refractivity contribution in [3.05, 3.63) is 30.0 Å². The van der Waals surface area contributed by atoms with Gasteiger partial charge in [-0.25, -0.2) is 0 Å². The Kier molecular flexibility index (Phi) is 3.43. The molecule has 1 aromatic heterocycles. The third-order valence-electron chi connectivity index (χ3n) is 2.86. The fourth-order valence-corrected chi connectivity index (χ4v) is 1.86. The zero-order valence-electron chi connectivity index (χ0n) is 11.2. The Balaban J connectivity index is 2.46. The minimum atomic E-state index is -0.414. The number of nitrogens with two attached hydrogens (primary N) is 1. The highest BCUT2D eigenvalue weighted by molar-refractivity contribution is 6.08. The minimum absolute atomic E-state index is 0.194. The molecule has 2 aromatic rings. The molecule has 0 saturated heterocycles. The maximum absolute atomic E-state index is 12.1. The van der Waals surface area contributed by atoms with Gasteiger partial charge in [-0.2, -0.15) is 0 Å². The molecule has 5 N–H and O–H groups in total. The SMILES string of the molecule is CC(=O)Nc1cccc2cc(C(=O)N(C)C(=N)N)[nH]c12. The van der Waals surface area contributed by atoms with Crippen molar-refractivity contribution in [3.8, 4) is 0 Å². The van der Waals surface area contributed by atoms with Crippen molar-refractivity contribution >= 4 is 34.4 Å². The Morgan fingerprint density at radius 1 is 1.40 bits per heavy atom. The maximum Gasteiger partial charge on any atom is 0.276 e. The molecule has 0 unspecified atom stereocenters. The summed E-state index contributed by atoms with van der Waals surface area (Å²) in [4.78, 5) is 27.2. The number of para-hydroxylation sites is 1. The van der Waals surface area contributed by atoms with Gasteiger partial charge in [-0.15, -0.1) is 0 Å². The smallest absolute Gasteiger partial charge is 0.276 e. The Hall–Kier alpha value is -2.83. The van der Waals surface area contributed by atoms with Gasteiger partial charge in [0.15, 0.2) is 5.96 Å². The molecule has 2 amide bonds. The van der Waals surface area contributed by atoms with E-state index in [1.165, 1.54) is 14.0 Å². The second-order valence-corrected chi connectivity index (χ2v) is 4.38. The number of H-pyrrole nitrogens is 1. The number of hydrogen-bond donors (Lipinski definition) is 4. The number of guanidine groups is 1. The van der Waals surface area contributed by atoms with Crippen LogP contribution in [0.3, 0.4) is 0 Å². The number of hydrogen-bond acceptors (Lipinski definition) is 3. The van der Waals surface area contributed by atoms with Crippen LogP contribution >= 0.6 is 0 Å². The first-order valence-corrected chi connectivity index (χ1v) is 5.91. The fraction of sp³-hybridized carbons (Fsp3) is 0.154. The minimum Gasteiger partial charge on any atom is -0.370 e. The molecular weight excluding hydrogens is 258 g/mol. The van der Waals surface area contributed by atoms with Crippen molar-refractivity contribution in [1.29, 1.82) is 5.41 Å². The Morgan fingerprint density at radius 3 is 2.70 bits per heavy atom. The summed E-state index contributed by atoms with van der Waals surface area (Å²) in [5.74, 6) is -0.945. The number of aromatic nitrogens is 1. The number of nitrogens with zero attached hydrogens (tertiary/aromatic N) is 1. The van der Waals surface area contributed by atoms with Gasteiger partial charge in [-0.1, -0.05) is 12.1 Å². The molecule has 1 heterocycles. The Labute approximate surface area is 115 Å². The summed E-state index contributed by atoms with van der Waals surface area (Å²) in [7, 11) is 1.42. The zero-order chi connectivity index (χ0) is 14.9. The van der Waals surface area contributed by atoms with Crippen molar-refractivity contribution in [2.45, 2.75) is 6.92 Å². The van der Waals surface area contributed by atoms with E-state index in [1.807, 2.05) is 6.07 Å². The third kappa shape index (κ3) is 2.46. The highest BCUT2D eigenvalue weighted by Gasteiger charge is 2.17. The van der Waals surface area contributed by atoms with Gasteiger partial charge in [0.2, 0.25) is 5.91 Å². The molecule has 7 heteroatoms. The van der Waals surface area contributed by atoms with E-state index in [2.05, 4.69) is 10.3 Å². The van der Waals surface area contributed by atoms with Crippen LogP contribution in [0.1, 0.15) is 17.4 Å². The van der Waals surface area contributed by atoms with Gasteiger partial charge in [-0.05, 0) is 12.1 Å². The molecule has 1 aromatic carbocycles. The highest BCUT2D eigenvalue weighted by Crippen LogP contribution is 2.24. The van der Waals surface area contributed by atoms with Gasteiger partial charge in [0.25, 0.3) is 5.91 Å². The van der Waals surface area contributed by atoms with Crippen LogP contribution < -0.4 is 11.1 Å². The monoisotopic (exact) mass is 273 g/mol. The summed E-state index contributed by atoms with van der Waals surface area (Å²) in [6, 6.07) is 7.00. The van der Waals surface area contributed by atoms with Crippen molar-refractivity contribution < 1.29 is 9.59 Å². The number of benzene rings is 1. The van der Waals surface area contributed by atoms with Gasteiger partial charge in [0.05, 0.1) is 11.2 Å². The summed E-state index contributed by atoms with van der Waals surface area (Å²) >= 11 is 0. The van der Waals surface area contributed by atoms with E-state index in [9.17, 15) is 9.59 Å². The van der Waals surface area contributed by atoms with E-state index < -0.39 is 5.91 Å². The Morgan fingerprint density at radius 2 is 2.10 bits per heavy atom. The van der Waals surface area contributed by atoms with Crippen LogP contribution in [-0.4, -0.2) is 34.7 Å². The average molecular weight is 273 g/mol. The summed E-state index contributed by atoms with van der Waals surface area (Å²) in [5, 5.41) is 10.7. The van der Waals surface area contributed by atoms with Crippen molar-refractivity contribution in [3.63, 3.8) is 0 Å². The van der Waals surface area contributed by atoms with E-state index in [4.69, 9.17) is 11.1 Å². The normalized spacial score (nSPS) is 10.3. The standard InChI is InChI=1S/C13H15N5O2/c1-7(19)16-9-5-3-4-8-6-10(17-11(8)9)12(20)18(2)13(14)15/h3-6,17H,1-2H3,(H3,14,15)(H,16,19). The lowest BCUT2D eigenvalue weighted by Gasteiger charge is -2.12. The molecule has 0 atom stereocenters. The van der Waals surface area contributed by atoms with E-state index >= 15 is 0 Å². The van der Waals surface area contributed by atoms with Crippen molar-refractivity contribution in [2.75, 3.05) is 12.4 Å². The molecule has 2 rings (SSSR count). The quantitative estimate of drug-likeness (QED) is 0.485. The van der Waals surface area contributed by atoms with Crippen molar-refractivity contribution in [1.82, 2.24) is 9.88 Å². The third-order valence-corrected chi connectivity index (χ3v) is 2.86. The second-order valence-electron chi connectivity index (χ2n) is 4.38. The second kappa shape index (κ2) is 5.04. The predicted octanol–water partition coefficient (Wildman–Crippen LogP) is 1.09. The summed E-state index contributed by atoms with van der Waals surface area (Å²) < 4.78 is 0. The number of carbonyl (C=O) groups excluding carboxylic acids is 2. The number of rotatable bonds is 2. The first-order chi connectivity index (χ1) is 9.40. The molecule has 0 fully saturated rings. The van der Waals surface area contributed by atoms with Gasteiger partial charge in [0.1, 0.15) is 5.69 Å². The lowest BCUT2D eigenvalue weighted by atomic mass is 10.2. The van der Waals surface area contributed by atoms with Crippen LogP contribution in [0.5, 0.6) is 0 Å². The van der Waals surface area contributed by atoms with E-state index in [1.54, 1.807) is 18.2 Å². The van der Waals surface area contributed by atoms with Crippen molar-refractivity contribution in [2.24, 2.45) is 5.73 Å². The van der Waals surface area contributed by atoms with Crippen LogP contribution in [-0.2, 0) is 4.79 Å². The fourth-order valence-electron chi connectivity index (χ4n) is 1.86. The van der Waals surface area contributed by atoms with Crippen LogP contribution in [0.15, 0.2) is 24.3 Å². The topological polar surface area (TPSA) is 115 Å². The van der Waals surface area contributed by atoms with Crippen LogP contribution in [0.25, 0.3) is 10.9 Å². The molecule has 0 spiro atoms. The molecular formula is C13H15N5O2. The van der Waals surface area contributed by atoms with Crippen LogP contribution in [0, 0.1) is 5.41 Å². The van der Waals surface area contributed by atoms with Gasteiger partial charge in [-0.3, -0.25) is 19.9 Å². The molecule has 0 aliphatic rings. The number of carbonyl (C=O) groups is 2. The summed E-state index contributed by atoms with van der Waals surface area (Å²) in [5.41, 5.74) is 6.84. The zero-order valence-corrected chi connectivity index (χ0v) is 11.2. The molecule has 0 radical (unpaired) electrons. The van der Waals surface area contributed by atoms with Crippen LogP contribution in [0.4, 0.5) is 5.69 Å². The Bertz CT molecular complexity index is 704. The molecule has 0 aliphatic carbocycles. The predicted molar refractivity (Wildman–Crippen MR) is 76.6 cm³/mol. The maximum atomic E-state index is 12.1. The average Bonchev–Trinajstić information content (AvgIpc) is 2.81. The van der Waals surface area contributed by atoms with E-state index in [0.717, 1.165) is 10.3 Å². The summed E-state index contributed by atoms with van der Waals surface area (Å²) in [6.45, 7) is 1.41. The van der Waals surface area contributed by atoms with E-state index in [0.29, 0.717) is 16.9 Å². The largest absolute Gasteiger partial charge is 0.370 e. The molecule has 7 nitrogen and oxygen atoms in total. The lowest BCUT2D eigenvalue weighted by Crippen LogP contribution is -2.38. The molecule has 104 valence electrons. The molecule has 0 saturated carbocycles. The van der Waals surface area contributed by atoms with Gasteiger partial charge < -0.3 is 16.0 Å². The van der Waals surface area contributed by atoms with Gasteiger partial charge >= 0.3 is 0 Å². The number of fused-ring (bicyclic) bond motifs is 1. The number of aromatic amines is 1. The van der Waals surface area contributed by atoms with Crippen LogP contribution in [0.2, 0.25) is 0 Å². The first-order valence-electron chi connectivity index (χ1n) is 5.91. The van der Waals surface area contributed by atoms with E-state index in [-0.39, 0.29) is 11.9 Å². The first kappa shape index (κ1) is 13.6. The number of nitrogens with one attached hydrogen (secondary N) is 3. The lowest BCUT2D eigenvalue weighted by molar-refractivity contribution is -0.114. The number of anilines is 1. The summed E-state index contributed by atoms with van der Waals surface area (Å²) in [6.07, 6.45) is 0. The van der Waals surface area contributed by atoms with Gasteiger partial charge in [0, 0.05) is 19.4 Å². The molecule has 20 heavy (non-hydrogen) atoms. The highest BCUT2D eigenvalue weighted by atomic mass is 16.2. The number of amides is 2. The molecule has 0 aliphatic heterocycles. The molecule has 0 bridgehead atoms.